The summed E-state index contributed by atoms with van der Waals surface area (Å²) in [6, 6.07) is 5.42. The molecule has 1 rings (SSSR count). The number of hydrogen-bond donors (Lipinski definition) is 1. The van der Waals surface area contributed by atoms with Gasteiger partial charge in [0.1, 0.15) is 0 Å². The Kier molecular flexibility index (Phi) is 9.15. The first kappa shape index (κ1) is 22.0. The normalized spacial score (nSPS) is 11.7. The molecule has 0 aromatic heterocycles. The highest BCUT2D eigenvalue weighted by molar-refractivity contribution is 7.88. The smallest absolute Gasteiger partial charge is 0.243 e. The first-order valence-corrected chi connectivity index (χ1v) is 10.4. The molecule has 0 fully saturated rings. The molecule has 0 aliphatic carbocycles. The summed E-state index contributed by atoms with van der Waals surface area (Å²) >= 11 is 0. The van der Waals surface area contributed by atoms with E-state index in [1.54, 1.807) is 32.2 Å². The van der Waals surface area contributed by atoms with Crippen LogP contribution < -0.4 is 14.8 Å². The Bertz CT molecular complexity index is 716. The number of nitrogens with one attached hydrogen (secondary N) is 1. The van der Waals surface area contributed by atoms with E-state index >= 15 is 0 Å². The molecule has 7 nitrogen and oxygen atoms in total. The zero-order chi connectivity index (χ0) is 19.6. The maximum Gasteiger partial charge on any atom is 0.243 e. The van der Waals surface area contributed by atoms with Crippen molar-refractivity contribution in [2.75, 3.05) is 39.6 Å². The summed E-state index contributed by atoms with van der Waals surface area (Å²) in [5.41, 5.74) is 0.815. The topological polar surface area (TPSA) is 84.9 Å². The first-order chi connectivity index (χ1) is 12.3. The Morgan fingerprint density at radius 1 is 1.27 bits per heavy atom. The van der Waals surface area contributed by atoms with Crippen molar-refractivity contribution in [3.05, 3.63) is 29.8 Å². The largest absolute Gasteiger partial charge is 0.493 e. The lowest BCUT2D eigenvalue weighted by molar-refractivity contribution is -0.116. The molecule has 1 aromatic rings. The number of amides is 1. The Hall–Kier alpha value is -2.06. The predicted octanol–water partition coefficient (Wildman–Crippen LogP) is 1.89. The van der Waals surface area contributed by atoms with Crippen molar-refractivity contribution in [3.63, 3.8) is 0 Å². The summed E-state index contributed by atoms with van der Waals surface area (Å²) in [6.07, 6.45) is 4.85. The van der Waals surface area contributed by atoms with Crippen LogP contribution in [0.2, 0.25) is 0 Å². The molecular weight excluding hydrogens is 356 g/mol. The van der Waals surface area contributed by atoms with Crippen LogP contribution in [0.25, 0.3) is 6.08 Å². The van der Waals surface area contributed by atoms with Gasteiger partial charge in [-0.1, -0.05) is 13.0 Å². The van der Waals surface area contributed by atoms with E-state index in [-0.39, 0.29) is 5.91 Å². The van der Waals surface area contributed by atoms with E-state index in [4.69, 9.17) is 9.47 Å². The third-order valence-corrected chi connectivity index (χ3v) is 5.00. The van der Waals surface area contributed by atoms with Crippen LogP contribution in [0.3, 0.4) is 0 Å². The van der Waals surface area contributed by atoms with Gasteiger partial charge in [0.15, 0.2) is 11.5 Å². The molecule has 0 spiro atoms. The molecule has 1 amide bonds. The Morgan fingerprint density at radius 2 is 2.00 bits per heavy atom. The monoisotopic (exact) mass is 384 g/mol. The average molecular weight is 384 g/mol. The molecule has 146 valence electrons. The molecule has 0 aliphatic heterocycles. The molecule has 0 heterocycles. The van der Waals surface area contributed by atoms with Crippen molar-refractivity contribution in [1.82, 2.24) is 9.62 Å². The minimum Gasteiger partial charge on any atom is -0.493 e. The van der Waals surface area contributed by atoms with Gasteiger partial charge in [-0.05, 0) is 37.1 Å². The number of hydrogen-bond acceptors (Lipinski definition) is 5. The van der Waals surface area contributed by atoms with Crippen molar-refractivity contribution in [2.24, 2.45) is 0 Å². The number of ether oxygens (including phenoxy) is 2. The minimum absolute atomic E-state index is 0.236. The van der Waals surface area contributed by atoms with E-state index in [2.05, 4.69) is 5.32 Å². The third-order valence-electron chi connectivity index (χ3n) is 3.62. The van der Waals surface area contributed by atoms with Gasteiger partial charge in [-0.3, -0.25) is 4.79 Å². The summed E-state index contributed by atoms with van der Waals surface area (Å²) in [4.78, 5) is 11.9. The maximum atomic E-state index is 11.9. The first-order valence-electron chi connectivity index (χ1n) is 8.53. The molecule has 0 saturated heterocycles. The quantitative estimate of drug-likeness (QED) is 0.465. The number of methoxy groups -OCH3 is 1. The van der Waals surface area contributed by atoms with Crippen molar-refractivity contribution in [3.8, 4) is 11.5 Å². The highest BCUT2D eigenvalue weighted by atomic mass is 32.2. The van der Waals surface area contributed by atoms with Crippen molar-refractivity contribution in [2.45, 2.75) is 20.3 Å². The van der Waals surface area contributed by atoms with Crippen LogP contribution >= 0.6 is 0 Å². The van der Waals surface area contributed by atoms with E-state index in [1.807, 2.05) is 13.0 Å². The molecule has 26 heavy (non-hydrogen) atoms. The summed E-state index contributed by atoms with van der Waals surface area (Å²) in [6.45, 7) is 5.44. The highest BCUT2D eigenvalue weighted by Gasteiger charge is 2.13. The number of nitrogens with zero attached hydrogens (tertiary/aromatic N) is 1. The predicted molar refractivity (Wildman–Crippen MR) is 103 cm³/mol. The van der Waals surface area contributed by atoms with Crippen molar-refractivity contribution >= 4 is 22.0 Å². The molecule has 0 radical (unpaired) electrons. The van der Waals surface area contributed by atoms with Crippen LogP contribution in [0.1, 0.15) is 25.8 Å². The van der Waals surface area contributed by atoms with Gasteiger partial charge >= 0.3 is 0 Å². The maximum absolute atomic E-state index is 11.9. The van der Waals surface area contributed by atoms with E-state index in [0.717, 1.165) is 5.56 Å². The van der Waals surface area contributed by atoms with Gasteiger partial charge in [-0.15, -0.1) is 0 Å². The molecule has 0 aliphatic rings. The molecule has 0 atom stereocenters. The average Bonchev–Trinajstić information content (AvgIpc) is 2.59. The van der Waals surface area contributed by atoms with Gasteiger partial charge in [0, 0.05) is 25.7 Å². The number of benzene rings is 1. The van der Waals surface area contributed by atoms with E-state index in [1.165, 1.54) is 16.6 Å². The molecule has 0 bridgehead atoms. The zero-order valence-corrected chi connectivity index (χ0v) is 16.6. The summed E-state index contributed by atoms with van der Waals surface area (Å²) in [5, 5.41) is 2.74. The Labute approximate surface area is 156 Å². The Morgan fingerprint density at radius 3 is 2.58 bits per heavy atom. The molecule has 1 N–H and O–H groups in total. The molecule has 0 saturated carbocycles. The molecule has 8 heteroatoms. The van der Waals surface area contributed by atoms with Crippen LogP contribution in [0.15, 0.2) is 24.3 Å². The van der Waals surface area contributed by atoms with Gasteiger partial charge in [0.25, 0.3) is 0 Å². The fourth-order valence-corrected chi connectivity index (χ4v) is 3.25. The van der Waals surface area contributed by atoms with Crippen LogP contribution in [-0.2, 0) is 14.8 Å². The van der Waals surface area contributed by atoms with Gasteiger partial charge in [0.2, 0.25) is 15.9 Å². The number of carbonyl (C=O) groups is 1. The van der Waals surface area contributed by atoms with Crippen LogP contribution in [0, 0.1) is 0 Å². The van der Waals surface area contributed by atoms with Gasteiger partial charge in [-0.25, -0.2) is 12.7 Å². The molecule has 0 unspecified atom stereocenters. The van der Waals surface area contributed by atoms with E-state index < -0.39 is 10.0 Å². The second-order valence-corrected chi connectivity index (χ2v) is 7.56. The summed E-state index contributed by atoms with van der Waals surface area (Å²) in [5.74, 6) is 1.03. The second-order valence-electron chi connectivity index (χ2n) is 5.58. The summed E-state index contributed by atoms with van der Waals surface area (Å²) in [7, 11) is -1.63. The van der Waals surface area contributed by atoms with Gasteiger partial charge in [0.05, 0.1) is 20.0 Å². The lowest BCUT2D eigenvalue weighted by atomic mass is 10.2. The van der Waals surface area contributed by atoms with Crippen molar-refractivity contribution in [1.29, 1.82) is 0 Å². The van der Waals surface area contributed by atoms with Crippen LogP contribution in [0.4, 0.5) is 0 Å². The summed E-state index contributed by atoms with van der Waals surface area (Å²) < 4.78 is 35.1. The van der Waals surface area contributed by atoms with Crippen LogP contribution in [0.5, 0.6) is 11.5 Å². The van der Waals surface area contributed by atoms with Crippen molar-refractivity contribution < 1.29 is 22.7 Å². The molecule has 1 aromatic carbocycles. The number of rotatable bonds is 11. The second kappa shape index (κ2) is 10.8. The standard InChI is InChI=1S/C18H28N2O5S/c1-5-20(26(4,22)23)13-7-12-19-18(21)11-9-15-8-10-16(25-6-2)17(14-15)24-3/h8-11,14H,5-7,12-13H2,1-4H3,(H,19,21). The lowest BCUT2D eigenvalue weighted by Crippen LogP contribution is -2.33. The fourth-order valence-electron chi connectivity index (χ4n) is 2.32. The zero-order valence-electron chi connectivity index (χ0n) is 15.8. The SMILES string of the molecule is CCOc1ccc(C=CC(=O)NCCCN(CC)S(C)(=O)=O)cc1OC. The van der Waals surface area contributed by atoms with E-state index in [9.17, 15) is 13.2 Å². The third kappa shape index (κ3) is 7.45. The minimum atomic E-state index is -3.19. The fraction of sp³-hybridized carbons (Fsp3) is 0.500. The Balaban J connectivity index is 2.50. The van der Waals surface area contributed by atoms with Gasteiger partial charge in [-0.2, -0.15) is 0 Å². The number of sulfonamides is 1. The number of carbonyl (C=O) groups excluding carboxylic acids is 1. The lowest BCUT2D eigenvalue weighted by Gasteiger charge is -2.17. The highest BCUT2D eigenvalue weighted by Crippen LogP contribution is 2.28. The van der Waals surface area contributed by atoms with Gasteiger partial charge < -0.3 is 14.8 Å². The van der Waals surface area contributed by atoms with Crippen LogP contribution in [-0.4, -0.2) is 58.2 Å². The van der Waals surface area contributed by atoms with E-state index in [0.29, 0.717) is 44.2 Å². The molecular formula is C18H28N2O5S.